The average molecular weight is 587 g/mol. The minimum absolute atomic E-state index is 0.113. The third kappa shape index (κ3) is 6.14. The van der Waals surface area contributed by atoms with Crippen LogP contribution in [0.15, 0.2) is 59.6 Å². The van der Waals surface area contributed by atoms with Crippen molar-refractivity contribution >= 4 is 51.4 Å². The van der Waals surface area contributed by atoms with Crippen LogP contribution in [0, 0.1) is 25.2 Å². The molecule has 7 heteroatoms. The number of carbonyl (C=O) groups is 1. The summed E-state index contributed by atoms with van der Waals surface area (Å²) >= 11 is 7.74. The SMILES string of the molecule is Cc1cc(C=Nc2sc3c(c2C(=O)Nc2ccc(Cl)cc2)CC[C@H](C(C)(C)C)C3)c(C)n1-c1ccc(N(C)C)cc1. The molecule has 5 rings (SSSR count). The van der Waals surface area contributed by atoms with Crippen molar-refractivity contribution in [1.29, 1.82) is 0 Å². The number of aromatic nitrogens is 1. The zero-order valence-corrected chi connectivity index (χ0v) is 26.6. The number of amides is 1. The van der Waals surface area contributed by atoms with E-state index in [9.17, 15) is 4.79 Å². The molecule has 0 bridgehead atoms. The van der Waals surface area contributed by atoms with Crippen LogP contribution in [0.1, 0.15) is 64.9 Å². The van der Waals surface area contributed by atoms with E-state index in [1.165, 1.54) is 4.88 Å². The van der Waals surface area contributed by atoms with Crippen LogP contribution in [0.25, 0.3) is 5.69 Å². The van der Waals surface area contributed by atoms with Crippen molar-refractivity contribution in [3.8, 4) is 5.69 Å². The Kier molecular flexibility index (Phi) is 8.18. The predicted molar refractivity (Wildman–Crippen MR) is 176 cm³/mol. The first-order valence-corrected chi connectivity index (χ1v) is 15.3. The van der Waals surface area contributed by atoms with Crippen molar-refractivity contribution in [3.63, 3.8) is 0 Å². The Bertz CT molecular complexity index is 1590. The topological polar surface area (TPSA) is 49.6 Å². The van der Waals surface area contributed by atoms with E-state index in [1.807, 2.05) is 32.4 Å². The maximum atomic E-state index is 13.7. The molecule has 1 aliphatic carbocycles. The van der Waals surface area contributed by atoms with Gasteiger partial charge in [-0.1, -0.05) is 32.4 Å². The maximum Gasteiger partial charge on any atom is 0.259 e. The van der Waals surface area contributed by atoms with Crippen molar-refractivity contribution < 1.29 is 4.79 Å². The molecule has 1 aliphatic rings. The summed E-state index contributed by atoms with van der Waals surface area (Å²) < 4.78 is 2.25. The number of thiophene rings is 1. The molecule has 0 saturated carbocycles. The number of benzene rings is 2. The highest BCUT2D eigenvalue weighted by Crippen LogP contribution is 2.45. The molecule has 1 N–H and O–H groups in total. The normalized spacial score (nSPS) is 15.3. The largest absolute Gasteiger partial charge is 0.378 e. The van der Waals surface area contributed by atoms with E-state index in [-0.39, 0.29) is 11.3 Å². The Morgan fingerprint density at radius 2 is 1.78 bits per heavy atom. The number of halogens is 1. The predicted octanol–water partition coefficient (Wildman–Crippen LogP) is 9.03. The number of rotatable bonds is 6. The summed E-state index contributed by atoms with van der Waals surface area (Å²) in [5, 5.41) is 4.50. The number of aliphatic imine (C=N–C) groups is 1. The molecule has 2 aromatic carbocycles. The second-order valence-electron chi connectivity index (χ2n) is 12.3. The van der Waals surface area contributed by atoms with E-state index < -0.39 is 0 Å². The number of fused-ring (bicyclic) bond motifs is 1. The lowest BCUT2D eigenvalue weighted by Crippen LogP contribution is -2.27. The fourth-order valence-electron chi connectivity index (χ4n) is 5.71. The lowest BCUT2D eigenvalue weighted by atomic mass is 9.72. The van der Waals surface area contributed by atoms with Gasteiger partial charge in [-0.3, -0.25) is 4.79 Å². The van der Waals surface area contributed by atoms with E-state index in [2.05, 4.69) is 79.7 Å². The lowest BCUT2D eigenvalue weighted by Gasteiger charge is -2.33. The van der Waals surface area contributed by atoms with Gasteiger partial charge in [0.1, 0.15) is 5.00 Å². The molecule has 0 spiro atoms. The first kappa shape index (κ1) is 29.2. The van der Waals surface area contributed by atoms with Crippen LogP contribution in [0.2, 0.25) is 5.02 Å². The average Bonchev–Trinajstić information content (AvgIpc) is 3.43. The minimum atomic E-state index is -0.113. The molecule has 0 radical (unpaired) electrons. The molecule has 2 heterocycles. The molecule has 0 fully saturated rings. The van der Waals surface area contributed by atoms with E-state index in [4.69, 9.17) is 16.6 Å². The Balaban J connectivity index is 1.50. The first-order valence-electron chi connectivity index (χ1n) is 14.1. The van der Waals surface area contributed by atoms with Gasteiger partial charge in [-0.25, -0.2) is 4.99 Å². The van der Waals surface area contributed by atoms with E-state index in [0.29, 0.717) is 16.5 Å². The lowest BCUT2D eigenvalue weighted by molar-refractivity contribution is 0.102. The molecule has 214 valence electrons. The molecule has 0 saturated heterocycles. The number of nitrogens with zero attached hydrogens (tertiary/aromatic N) is 3. The molecule has 0 unspecified atom stereocenters. The molecule has 1 amide bonds. The summed E-state index contributed by atoms with van der Waals surface area (Å²) in [6.45, 7) is 11.2. The van der Waals surface area contributed by atoms with Crippen molar-refractivity contribution in [2.45, 2.75) is 53.9 Å². The van der Waals surface area contributed by atoms with Crippen LogP contribution in [0.3, 0.4) is 0 Å². The van der Waals surface area contributed by atoms with Crippen molar-refractivity contribution in [2.24, 2.45) is 16.3 Å². The highest BCUT2D eigenvalue weighted by atomic mass is 35.5. The highest BCUT2D eigenvalue weighted by molar-refractivity contribution is 7.16. The third-order valence-corrected chi connectivity index (χ3v) is 9.63. The van der Waals surface area contributed by atoms with Gasteiger partial charge < -0.3 is 14.8 Å². The third-order valence-electron chi connectivity index (χ3n) is 8.22. The molecule has 5 nitrogen and oxygen atoms in total. The van der Waals surface area contributed by atoms with Crippen LogP contribution >= 0.6 is 22.9 Å². The fourth-order valence-corrected chi connectivity index (χ4v) is 7.10. The Morgan fingerprint density at radius 3 is 2.41 bits per heavy atom. The number of nitrogens with one attached hydrogen (secondary N) is 1. The quantitative estimate of drug-likeness (QED) is 0.229. The molecular formula is C34H39ClN4OS. The van der Waals surface area contributed by atoms with Gasteiger partial charge in [-0.15, -0.1) is 11.3 Å². The van der Waals surface area contributed by atoms with E-state index >= 15 is 0 Å². The summed E-state index contributed by atoms with van der Waals surface area (Å²) in [6.07, 6.45) is 4.87. The summed E-state index contributed by atoms with van der Waals surface area (Å²) in [5.74, 6) is 0.466. The number of carbonyl (C=O) groups excluding carboxylic acids is 1. The van der Waals surface area contributed by atoms with E-state index in [0.717, 1.165) is 63.8 Å². The van der Waals surface area contributed by atoms with Gasteiger partial charge in [-0.05, 0) is 105 Å². The summed E-state index contributed by atoms with van der Waals surface area (Å²) in [5.41, 5.74) is 8.39. The van der Waals surface area contributed by atoms with Gasteiger partial charge in [-0.2, -0.15) is 0 Å². The summed E-state index contributed by atoms with van der Waals surface area (Å²) in [6, 6.07) is 18.0. The number of hydrogen-bond donors (Lipinski definition) is 1. The monoisotopic (exact) mass is 586 g/mol. The maximum absolute atomic E-state index is 13.7. The van der Waals surface area contributed by atoms with Crippen molar-refractivity contribution in [2.75, 3.05) is 24.3 Å². The van der Waals surface area contributed by atoms with Gasteiger partial charge in [0.2, 0.25) is 0 Å². The van der Waals surface area contributed by atoms with Crippen LogP contribution in [-0.4, -0.2) is 30.8 Å². The minimum Gasteiger partial charge on any atom is -0.378 e. The van der Waals surface area contributed by atoms with Crippen LogP contribution in [0.5, 0.6) is 0 Å². The van der Waals surface area contributed by atoms with Gasteiger partial charge in [0, 0.05) is 64.2 Å². The number of anilines is 2. The second-order valence-corrected chi connectivity index (χ2v) is 13.8. The molecule has 1 atom stereocenters. The van der Waals surface area contributed by atoms with Crippen LogP contribution < -0.4 is 10.2 Å². The smallest absolute Gasteiger partial charge is 0.259 e. The Hall–Kier alpha value is -3.35. The number of aryl methyl sites for hydroxylation is 1. The summed E-state index contributed by atoms with van der Waals surface area (Å²) in [4.78, 5) is 22.1. The molecule has 4 aromatic rings. The molecule has 0 aliphatic heterocycles. The van der Waals surface area contributed by atoms with E-state index in [1.54, 1.807) is 23.5 Å². The second kappa shape index (κ2) is 11.5. The van der Waals surface area contributed by atoms with Crippen molar-refractivity contribution in [1.82, 2.24) is 4.57 Å². The highest BCUT2D eigenvalue weighted by Gasteiger charge is 2.33. The summed E-state index contributed by atoms with van der Waals surface area (Å²) in [7, 11) is 4.09. The van der Waals surface area contributed by atoms with Gasteiger partial charge in [0.25, 0.3) is 5.91 Å². The standard InChI is InChI=1S/C34H39ClN4OS/c1-21-18-23(22(2)39(21)28-15-13-27(14-16-28)38(6)7)20-36-33-31(32(40)37-26-11-9-25(35)10-12-26)29-17-8-24(34(3,4)5)19-30(29)41-33/h9-16,18,20,24H,8,17,19H2,1-7H3,(H,37,40)/t24-/m0/s1. The molecular weight excluding hydrogens is 548 g/mol. The van der Waals surface area contributed by atoms with Gasteiger partial charge >= 0.3 is 0 Å². The van der Waals surface area contributed by atoms with Crippen molar-refractivity contribution in [3.05, 3.63) is 92.6 Å². The Morgan fingerprint density at radius 1 is 1.10 bits per heavy atom. The van der Waals surface area contributed by atoms with Gasteiger partial charge in [0.15, 0.2) is 0 Å². The Labute approximate surface area is 252 Å². The van der Waals surface area contributed by atoms with Crippen LogP contribution in [-0.2, 0) is 12.8 Å². The zero-order chi connectivity index (χ0) is 29.5. The zero-order valence-electron chi connectivity index (χ0n) is 25.0. The molecule has 41 heavy (non-hydrogen) atoms. The fraction of sp³-hybridized carbons (Fsp3) is 0.353. The van der Waals surface area contributed by atoms with Crippen LogP contribution in [0.4, 0.5) is 16.4 Å². The van der Waals surface area contributed by atoms with Gasteiger partial charge in [0.05, 0.1) is 5.56 Å². The first-order chi connectivity index (χ1) is 19.4. The molecule has 2 aromatic heterocycles. The number of hydrogen-bond acceptors (Lipinski definition) is 4.